The summed E-state index contributed by atoms with van der Waals surface area (Å²) in [4.78, 5) is 4.89. The molecule has 1 fully saturated rings. The average Bonchev–Trinajstić information content (AvgIpc) is 3.72. The fourth-order valence-electron chi connectivity index (χ4n) is 11.9. The summed E-state index contributed by atoms with van der Waals surface area (Å²) in [6.07, 6.45) is 6.25. The highest BCUT2D eigenvalue weighted by Gasteiger charge is 2.44. The van der Waals surface area contributed by atoms with Crippen molar-refractivity contribution in [3.63, 3.8) is 0 Å². The van der Waals surface area contributed by atoms with Crippen molar-refractivity contribution in [2.75, 3.05) is 9.80 Å². The lowest BCUT2D eigenvalue weighted by atomic mass is 9.68. The molecule has 0 unspecified atom stereocenters. The minimum Gasteiger partial charge on any atom is -0.310 e. The Labute approximate surface area is 423 Å². The second-order valence-electron chi connectivity index (χ2n) is 19.6. The van der Waals surface area contributed by atoms with Crippen molar-refractivity contribution in [3.05, 3.63) is 278 Å². The summed E-state index contributed by atoms with van der Waals surface area (Å²) in [6.45, 7) is 0. The van der Waals surface area contributed by atoms with Crippen molar-refractivity contribution < 1.29 is 0 Å². The van der Waals surface area contributed by atoms with Crippen LogP contribution in [-0.4, -0.2) is 0 Å². The smallest absolute Gasteiger partial charge is 0.0540 e. The first-order valence-electron chi connectivity index (χ1n) is 25.6. The van der Waals surface area contributed by atoms with Crippen LogP contribution in [0.25, 0.3) is 66.4 Å². The molecule has 0 saturated heterocycles. The van der Waals surface area contributed by atoms with Crippen molar-refractivity contribution in [2.24, 2.45) is 0 Å². The van der Waals surface area contributed by atoms with Crippen molar-refractivity contribution in [3.8, 4) is 55.6 Å². The van der Waals surface area contributed by atoms with E-state index in [1.54, 1.807) is 0 Å². The molecule has 11 aromatic carbocycles. The molecule has 2 nitrogen and oxygen atoms in total. The van der Waals surface area contributed by atoms with Crippen molar-refractivity contribution in [1.82, 2.24) is 0 Å². The summed E-state index contributed by atoms with van der Waals surface area (Å²) < 4.78 is 0. The van der Waals surface area contributed by atoms with Gasteiger partial charge in [0.05, 0.1) is 5.69 Å². The molecule has 2 aliphatic carbocycles. The summed E-state index contributed by atoms with van der Waals surface area (Å²) in [5, 5.41) is 2.41. The van der Waals surface area contributed by atoms with Crippen LogP contribution in [0.3, 0.4) is 0 Å². The van der Waals surface area contributed by atoms with Crippen LogP contribution in [0.5, 0.6) is 0 Å². The predicted molar refractivity (Wildman–Crippen MR) is 304 cm³/mol. The molecule has 1 saturated carbocycles. The summed E-state index contributed by atoms with van der Waals surface area (Å²) in [6, 6.07) is 98.4. The second-order valence-corrected chi connectivity index (χ2v) is 19.6. The highest BCUT2D eigenvalue weighted by Crippen LogP contribution is 2.57. The fourth-order valence-corrected chi connectivity index (χ4v) is 11.9. The normalized spacial score (nSPS) is 13.4. The van der Waals surface area contributed by atoms with Crippen LogP contribution in [0.4, 0.5) is 34.1 Å². The monoisotopic (exact) mass is 922 g/mol. The highest BCUT2D eigenvalue weighted by atomic mass is 15.1. The summed E-state index contributed by atoms with van der Waals surface area (Å²) in [5.41, 5.74) is 22.2. The van der Waals surface area contributed by atoms with Crippen LogP contribution in [0.15, 0.2) is 267 Å². The maximum Gasteiger partial charge on any atom is 0.0540 e. The number of hydrogen-bond donors (Lipinski definition) is 0. The molecule has 0 N–H and O–H groups in total. The maximum absolute atomic E-state index is 2.53. The SMILES string of the molecule is c1ccc(-c2ccc(N(c3ccc(-c4ccc(N(c5cc(-c6ccccc6)cc(-c6ccccc6)c5)c5cccc6ccccc56)cc4)cc3)c3ccc4c(c3)C3(CCCCC3)c3ccccc3-4)cc2)cc1. The Morgan fingerprint density at radius 3 is 1.29 bits per heavy atom. The zero-order chi connectivity index (χ0) is 47.8. The van der Waals surface area contributed by atoms with Gasteiger partial charge in [-0.05, 0) is 158 Å². The lowest BCUT2D eigenvalue weighted by molar-refractivity contribution is 0.353. The molecule has 0 atom stereocenters. The minimum absolute atomic E-state index is 0.0666. The molecule has 0 aliphatic heterocycles. The Morgan fingerprint density at radius 2 is 0.708 bits per heavy atom. The lowest BCUT2D eigenvalue weighted by Gasteiger charge is -2.36. The molecule has 11 aromatic rings. The van der Waals surface area contributed by atoms with Gasteiger partial charge in [0, 0.05) is 39.2 Å². The van der Waals surface area contributed by atoms with Crippen molar-refractivity contribution in [2.45, 2.75) is 37.5 Å². The summed E-state index contributed by atoms with van der Waals surface area (Å²) >= 11 is 0. The molecule has 1 spiro atoms. The van der Waals surface area contributed by atoms with Crippen LogP contribution >= 0.6 is 0 Å². The van der Waals surface area contributed by atoms with E-state index in [9.17, 15) is 0 Å². The van der Waals surface area contributed by atoms with E-state index in [1.165, 1.54) is 115 Å². The van der Waals surface area contributed by atoms with Gasteiger partial charge in [-0.2, -0.15) is 0 Å². The molecule has 13 rings (SSSR count). The molecule has 0 amide bonds. The molecular weight excluding hydrogens is 869 g/mol. The van der Waals surface area contributed by atoms with Crippen molar-refractivity contribution in [1.29, 1.82) is 0 Å². The summed E-state index contributed by atoms with van der Waals surface area (Å²) in [7, 11) is 0. The first-order chi connectivity index (χ1) is 35.7. The van der Waals surface area contributed by atoms with Crippen LogP contribution in [0, 0.1) is 0 Å². The van der Waals surface area contributed by atoms with E-state index in [4.69, 9.17) is 0 Å². The molecule has 344 valence electrons. The van der Waals surface area contributed by atoms with E-state index < -0.39 is 0 Å². The van der Waals surface area contributed by atoms with Gasteiger partial charge in [-0.1, -0.05) is 213 Å². The van der Waals surface area contributed by atoms with Gasteiger partial charge in [-0.15, -0.1) is 0 Å². The zero-order valence-corrected chi connectivity index (χ0v) is 40.3. The van der Waals surface area contributed by atoms with Gasteiger partial charge in [0.1, 0.15) is 0 Å². The Balaban J connectivity index is 0.891. The Morgan fingerprint density at radius 1 is 0.264 bits per heavy atom. The number of anilines is 6. The molecule has 0 aromatic heterocycles. The van der Waals surface area contributed by atoms with Crippen LogP contribution < -0.4 is 9.80 Å². The lowest BCUT2D eigenvalue weighted by Crippen LogP contribution is -2.28. The standard InChI is InChI=1S/C70H54N2/c1-5-18-50(19-6-1)53-30-36-59(37-31-53)71(62-42-43-66-65-27-13-14-28-67(65)70(68(66)49-62)44-15-4-16-45-70)60-38-32-54(33-39-60)55-34-40-61(41-35-55)72(69-29-17-25-56-24-11-12-26-64(56)69)63-47-57(51-20-7-2-8-21-51)46-58(48-63)52-22-9-3-10-23-52/h1-3,5-14,17-43,46-49H,4,15-16,44-45H2. The average molecular weight is 923 g/mol. The highest BCUT2D eigenvalue weighted by molar-refractivity contribution is 6.00. The van der Waals surface area contributed by atoms with Gasteiger partial charge in [-0.25, -0.2) is 0 Å². The second kappa shape index (κ2) is 18.6. The molecular formula is C70H54N2. The van der Waals surface area contributed by atoms with E-state index in [0.717, 1.165) is 28.4 Å². The zero-order valence-electron chi connectivity index (χ0n) is 40.3. The molecule has 2 heteroatoms. The largest absolute Gasteiger partial charge is 0.310 e. The topological polar surface area (TPSA) is 6.48 Å². The predicted octanol–water partition coefficient (Wildman–Crippen LogP) is 19.7. The van der Waals surface area contributed by atoms with E-state index in [2.05, 4.69) is 277 Å². The quantitative estimate of drug-likeness (QED) is 0.135. The molecule has 72 heavy (non-hydrogen) atoms. The number of nitrogens with zero attached hydrogens (tertiary/aromatic N) is 2. The van der Waals surface area contributed by atoms with Gasteiger partial charge >= 0.3 is 0 Å². The van der Waals surface area contributed by atoms with Gasteiger partial charge in [0.25, 0.3) is 0 Å². The van der Waals surface area contributed by atoms with E-state index in [0.29, 0.717) is 0 Å². The maximum atomic E-state index is 2.53. The Kier molecular flexibility index (Phi) is 11.2. The number of fused-ring (bicyclic) bond motifs is 6. The Bertz CT molecular complexity index is 3620. The third kappa shape index (κ3) is 7.86. The van der Waals surface area contributed by atoms with Gasteiger partial charge in [0.2, 0.25) is 0 Å². The van der Waals surface area contributed by atoms with Crippen LogP contribution in [0.1, 0.15) is 43.2 Å². The molecule has 0 bridgehead atoms. The van der Waals surface area contributed by atoms with Crippen LogP contribution in [0.2, 0.25) is 0 Å². The van der Waals surface area contributed by atoms with Gasteiger partial charge in [-0.3, -0.25) is 0 Å². The number of hydrogen-bond acceptors (Lipinski definition) is 2. The number of rotatable bonds is 10. The van der Waals surface area contributed by atoms with Crippen molar-refractivity contribution >= 4 is 44.9 Å². The first-order valence-corrected chi connectivity index (χ1v) is 25.6. The number of benzene rings is 11. The van der Waals surface area contributed by atoms with E-state index >= 15 is 0 Å². The molecule has 0 radical (unpaired) electrons. The Hall–Kier alpha value is -8.72. The van der Waals surface area contributed by atoms with Gasteiger partial charge < -0.3 is 9.80 Å². The van der Waals surface area contributed by atoms with Crippen LogP contribution in [-0.2, 0) is 5.41 Å². The summed E-state index contributed by atoms with van der Waals surface area (Å²) in [5.74, 6) is 0. The minimum atomic E-state index is 0.0666. The molecule has 0 heterocycles. The molecule has 2 aliphatic rings. The third-order valence-corrected chi connectivity index (χ3v) is 15.4. The van der Waals surface area contributed by atoms with E-state index in [1.807, 2.05) is 0 Å². The van der Waals surface area contributed by atoms with Gasteiger partial charge in [0.15, 0.2) is 0 Å². The third-order valence-electron chi connectivity index (χ3n) is 15.4. The fraction of sp³-hybridized carbons (Fsp3) is 0.0857. The van der Waals surface area contributed by atoms with E-state index in [-0.39, 0.29) is 5.41 Å². The first kappa shape index (κ1) is 43.3.